The molecule has 2 aliphatic rings. The number of H-pyrrole nitrogens is 1. The number of hydrogen-bond donors (Lipinski definition) is 2. The molecule has 0 atom stereocenters. The Morgan fingerprint density at radius 1 is 1.43 bits per heavy atom. The van der Waals surface area contributed by atoms with E-state index in [1.165, 1.54) is 0 Å². The minimum Gasteiger partial charge on any atom is -0.462 e. The molecule has 8 heteroatoms. The van der Waals surface area contributed by atoms with Crippen molar-refractivity contribution in [2.75, 3.05) is 19.8 Å². The number of ketones is 1. The van der Waals surface area contributed by atoms with E-state index in [9.17, 15) is 9.59 Å². The van der Waals surface area contributed by atoms with E-state index in [1.54, 1.807) is 25.4 Å². The summed E-state index contributed by atoms with van der Waals surface area (Å²) in [5.74, 6) is -0.959. The van der Waals surface area contributed by atoms with Crippen LogP contribution in [0.3, 0.4) is 0 Å². The van der Waals surface area contributed by atoms with Crippen LogP contribution in [0.15, 0.2) is 41.7 Å². The van der Waals surface area contributed by atoms with E-state index in [0.717, 1.165) is 23.8 Å². The highest BCUT2D eigenvalue weighted by Crippen LogP contribution is 2.29. The van der Waals surface area contributed by atoms with Crippen LogP contribution in [0.5, 0.6) is 0 Å². The minimum absolute atomic E-state index is 0.0672. The molecule has 0 aromatic carbocycles. The van der Waals surface area contributed by atoms with Gasteiger partial charge in [-0.05, 0) is 38.0 Å². The summed E-state index contributed by atoms with van der Waals surface area (Å²) >= 11 is 0. The van der Waals surface area contributed by atoms with Crippen LogP contribution in [-0.4, -0.2) is 47.6 Å². The summed E-state index contributed by atoms with van der Waals surface area (Å²) in [7, 11) is 0. The Morgan fingerprint density at radius 3 is 3.04 bits per heavy atom. The van der Waals surface area contributed by atoms with Crippen molar-refractivity contribution >= 4 is 28.9 Å². The van der Waals surface area contributed by atoms with Crippen molar-refractivity contribution in [3.63, 3.8) is 0 Å². The molecule has 1 saturated heterocycles. The summed E-state index contributed by atoms with van der Waals surface area (Å²) in [6.07, 6.45) is 6.58. The third kappa shape index (κ3) is 3.50. The van der Waals surface area contributed by atoms with Crippen LogP contribution in [-0.2, 0) is 23.8 Å². The number of allylic oxidation sites excluding steroid dienone is 1. The van der Waals surface area contributed by atoms with E-state index in [1.807, 2.05) is 12.1 Å². The second-order valence-electron chi connectivity index (χ2n) is 6.54. The lowest BCUT2D eigenvalue weighted by Crippen LogP contribution is -2.35. The van der Waals surface area contributed by atoms with E-state index in [0.29, 0.717) is 18.9 Å². The Bertz CT molecular complexity index is 969. The average Bonchev–Trinajstić information content (AvgIpc) is 3.24. The van der Waals surface area contributed by atoms with Gasteiger partial charge in [-0.15, -0.1) is 0 Å². The lowest BCUT2D eigenvalue weighted by atomic mass is 10.1. The van der Waals surface area contributed by atoms with E-state index < -0.39 is 11.8 Å². The predicted octanol–water partition coefficient (Wildman–Crippen LogP) is 2.05. The first-order valence-corrected chi connectivity index (χ1v) is 9.29. The SMILES string of the molecule is CCOC(=O)C1=C(NC2CCOCC2)O/C(=C\c2c[nH]c3ncccc23)C1=O. The molecule has 2 aromatic heterocycles. The van der Waals surface area contributed by atoms with E-state index in [2.05, 4.69) is 15.3 Å². The molecule has 4 heterocycles. The number of nitrogens with one attached hydrogen (secondary N) is 2. The van der Waals surface area contributed by atoms with Gasteiger partial charge in [0.25, 0.3) is 0 Å². The van der Waals surface area contributed by atoms with Gasteiger partial charge in [0.15, 0.2) is 11.3 Å². The zero-order valence-electron chi connectivity index (χ0n) is 15.5. The molecule has 1 fully saturated rings. The first-order valence-electron chi connectivity index (χ1n) is 9.29. The molecule has 2 N–H and O–H groups in total. The molecule has 2 aromatic rings. The highest BCUT2D eigenvalue weighted by atomic mass is 16.5. The molecule has 0 amide bonds. The Labute approximate surface area is 161 Å². The number of carbonyl (C=O) groups excluding carboxylic acids is 2. The van der Waals surface area contributed by atoms with Gasteiger partial charge >= 0.3 is 5.97 Å². The van der Waals surface area contributed by atoms with Crippen LogP contribution in [0.25, 0.3) is 17.1 Å². The molecular weight excluding hydrogens is 362 g/mol. The fourth-order valence-corrected chi connectivity index (χ4v) is 3.28. The largest absolute Gasteiger partial charge is 0.462 e. The summed E-state index contributed by atoms with van der Waals surface area (Å²) in [5, 5.41) is 4.04. The van der Waals surface area contributed by atoms with Crippen LogP contribution in [0.2, 0.25) is 0 Å². The van der Waals surface area contributed by atoms with Gasteiger partial charge in [-0.1, -0.05) is 0 Å². The molecule has 28 heavy (non-hydrogen) atoms. The van der Waals surface area contributed by atoms with Gasteiger partial charge in [-0.25, -0.2) is 9.78 Å². The minimum atomic E-state index is -0.689. The molecular formula is C20H21N3O5. The maximum atomic E-state index is 12.9. The van der Waals surface area contributed by atoms with Crippen LogP contribution >= 0.6 is 0 Å². The van der Waals surface area contributed by atoms with Crippen LogP contribution < -0.4 is 5.32 Å². The number of carbonyl (C=O) groups is 2. The number of esters is 1. The number of rotatable bonds is 5. The molecule has 2 aliphatic heterocycles. The van der Waals surface area contributed by atoms with Crippen molar-refractivity contribution in [2.45, 2.75) is 25.8 Å². The van der Waals surface area contributed by atoms with Crippen molar-refractivity contribution in [1.29, 1.82) is 0 Å². The van der Waals surface area contributed by atoms with Crippen molar-refractivity contribution < 1.29 is 23.8 Å². The van der Waals surface area contributed by atoms with E-state index in [-0.39, 0.29) is 29.9 Å². The smallest absolute Gasteiger partial charge is 0.347 e. The molecule has 0 bridgehead atoms. The maximum absolute atomic E-state index is 12.9. The quantitative estimate of drug-likeness (QED) is 0.463. The summed E-state index contributed by atoms with van der Waals surface area (Å²) in [6.45, 7) is 3.12. The van der Waals surface area contributed by atoms with Crippen LogP contribution in [0.1, 0.15) is 25.3 Å². The molecule has 0 radical (unpaired) electrons. The third-order valence-corrected chi connectivity index (χ3v) is 4.70. The normalized spacial score (nSPS) is 19.3. The average molecular weight is 383 g/mol. The second kappa shape index (κ2) is 7.85. The second-order valence-corrected chi connectivity index (χ2v) is 6.54. The first kappa shape index (κ1) is 18.2. The van der Waals surface area contributed by atoms with Gasteiger partial charge in [0.05, 0.1) is 6.61 Å². The van der Waals surface area contributed by atoms with Gasteiger partial charge in [0.2, 0.25) is 11.7 Å². The lowest BCUT2D eigenvalue weighted by molar-refractivity contribution is -0.139. The van der Waals surface area contributed by atoms with Gasteiger partial charge in [0, 0.05) is 42.6 Å². The number of pyridine rings is 1. The standard InChI is InChI=1S/C20H21N3O5/c1-2-27-20(25)16-17(24)15(28-19(16)23-13-5-8-26-9-6-13)10-12-11-22-18-14(12)4-3-7-21-18/h3-4,7,10-11,13,23H,2,5-6,8-9H2,1H3,(H,21,22)/b15-10-. The fourth-order valence-electron chi connectivity index (χ4n) is 3.28. The van der Waals surface area contributed by atoms with Crippen molar-refractivity contribution in [3.05, 3.63) is 47.3 Å². The monoisotopic (exact) mass is 383 g/mol. The summed E-state index contributed by atoms with van der Waals surface area (Å²) in [6, 6.07) is 3.78. The number of nitrogens with zero attached hydrogens (tertiary/aromatic N) is 1. The number of ether oxygens (including phenoxy) is 3. The molecule has 146 valence electrons. The number of hydrogen-bond acceptors (Lipinski definition) is 7. The Hall–Kier alpha value is -3.13. The van der Waals surface area contributed by atoms with E-state index >= 15 is 0 Å². The lowest BCUT2D eigenvalue weighted by Gasteiger charge is -2.24. The molecule has 8 nitrogen and oxygen atoms in total. The predicted molar refractivity (Wildman–Crippen MR) is 101 cm³/mol. The van der Waals surface area contributed by atoms with Gasteiger partial charge in [-0.3, -0.25) is 4.79 Å². The first-order chi connectivity index (χ1) is 13.7. The Morgan fingerprint density at radius 2 is 2.25 bits per heavy atom. The zero-order valence-corrected chi connectivity index (χ0v) is 15.5. The van der Waals surface area contributed by atoms with Gasteiger partial charge in [-0.2, -0.15) is 0 Å². The highest BCUT2D eigenvalue weighted by Gasteiger charge is 2.37. The molecule has 0 saturated carbocycles. The highest BCUT2D eigenvalue weighted by molar-refractivity contribution is 6.26. The molecule has 0 spiro atoms. The topological polar surface area (TPSA) is 103 Å². The number of fused-ring (bicyclic) bond motifs is 1. The Balaban J connectivity index is 1.64. The number of Topliss-reactive ketones (excluding diaryl/α,β-unsaturated/α-hetero) is 1. The summed E-state index contributed by atoms with van der Waals surface area (Å²) < 4.78 is 16.2. The van der Waals surface area contributed by atoms with Crippen LogP contribution in [0, 0.1) is 0 Å². The summed E-state index contributed by atoms with van der Waals surface area (Å²) in [4.78, 5) is 32.6. The van der Waals surface area contributed by atoms with Crippen molar-refractivity contribution in [2.24, 2.45) is 0 Å². The van der Waals surface area contributed by atoms with E-state index in [4.69, 9.17) is 14.2 Å². The molecule has 0 aliphatic carbocycles. The number of aromatic nitrogens is 2. The Kier molecular flexibility index (Phi) is 5.12. The van der Waals surface area contributed by atoms with Crippen molar-refractivity contribution in [1.82, 2.24) is 15.3 Å². The fraction of sp³-hybridized carbons (Fsp3) is 0.350. The van der Waals surface area contributed by atoms with Crippen LogP contribution in [0.4, 0.5) is 0 Å². The molecule has 0 unspecified atom stereocenters. The zero-order chi connectivity index (χ0) is 19.5. The third-order valence-electron chi connectivity index (χ3n) is 4.70. The van der Waals surface area contributed by atoms with Gasteiger partial charge < -0.3 is 24.5 Å². The summed E-state index contributed by atoms with van der Waals surface area (Å²) in [5.41, 5.74) is 1.36. The van der Waals surface area contributed by atoms with Gasteiger partial charge in [0.1, 0.15) is 5.65 Å². The van der Waals surface area contributed by atoms with Crippen molar-refractivity contribution in [3.8, 4) is 0 Å². The molecule has 4 rings (SSSR count). The number of aromatic amines is 1. The maximum Gasteiger partial charge on any atom is 0.347 e.